The Morgan fingerprint density at radius 1 is 1.38 bits per heavy atom. The Kier molecular flexibility index (Phi) is 3.13. The average Bonchev–Trinajstić information content (AvgIpc) is 2.60. The molecule has 0 aromatic carbocycles. The van der Waals surface area contributed by atoms with Crippen LogP contribution in [0.15, 0.2) is 0 Å². The molecule has 0 fully saturated rings. The first-order chi connectivity index (χ1) is 7.56. The van der Waals surface area contributed by atoms with E-state index in [9.17, 15) is 13.2 Å². The fourth-order valence-corrected chi connectivity index (χ4v) is 1.80. The molecule has 1 aromatic rings. The van der Waals surface area contributed by atoms with Gasteiger partial charge < -0.3 is 5.32 Å². The number of nitrogens with one attached hydrogen (secondary N) is 1. The Balaban J connectivity index is 1.92. The van der Waals surface area contributed by atoms with E-state index < -0.39 is 12.6 Å². The topological polar surface area (TPSA) is 42.7 Å². The van der Waals surface area contributed by atoms with E-state index in [1.807, 2.05) is 0 Å². The molecule has 4 nitrogen and oxygen atoms in total. The highest BCUT2D eigenvalue weighted by molar-refractivity contribution is 5.13. The van der Waals surface area contributed by atoms with Crippen LogP contribution < -0.4 is 5.32 Å². The van der Waals surface area contributed by atoms with Gasteiger partial charge in [0.25, 0.3) is 0 Å². The van der Waals surface area contributed by atoms with E-state index in [-0.39, 0.29) is 6.42 Å². The van der Waals surface area contributed by atoms with Gasteiger partial charge in [-0.15, -0.1) is 5.10 Å². The highest BCUT2D eigenvalue weighted by Crippen LogP contribution is 2.22. The number of nitrogens with zero attached hydrogens (tertiary/aromatic N) is 3. The second kappa shape index (κ2) is 4.40. The van der Waals surface area contributed by atoms with Crippen LogP contribution >= 0.6 is 0 Å². The van der Waals surface area contributed by atoms with Gasteiger partial charge in [-0.05, 0) is 6.42 Å². The lowest BCUT2D eigenvalue weighted by Crippen LogP contribution is -2.25. The van der Waals surface area contributed by atoms with E-state index in [4.69, 9.17) is 0 Å². The van der Waals surface area contributed by atoms with Gasteiger partial charge in [-0.2, -0.15) is 13.2 Å². The minimum atomic E-state index is -4.08. The molecule has 0 atom stereocenters. The summed E-state index contributed by atoms with van der Waals surface area (Å²) in [5, 5.41) is 11.0. The highest BCUT2D eigenvalue weighted by Gasteiger charge is 2.26. The predicted molar refractivity (Wildman–Crippen MR) is 50.7 cm³/mol. The maximum atomic E-state index is 12.0. The van der Waals surface area contributed by atoms with Crippen LogP contribution in [0.5, 0.6) is 0 Å². The number of fused-ring (bicyclic) bond motifs is 1. The molecular weight excluding hydrogens is 221 g/mol. The van der Waals surface area contributed by atoms with E-state index >= 15 is 0 Å². The largest absolute Gasteiger partial charge is 0.389 e. The summed E-state index contributed by atoms with van der Waals surface area (Å²) in [6, 6.07) is 0. The third-order valence-corrected chi connectivity index (χ3v) is 2.58. The summed E-state index contributed by atoms with van der Waals surface area (Å²) in [7, 11) is 0. The second-order valence-electron chi connectivity index (χ2n) is 3.85. The molecule has 1 N–H and O–H groups in total. The van der Waals surface area contributed by atoms with Crippen LogP contribution in [0.25, 0.3) is 0 Å². The minimum Gasteiger partial charge on any atom is -0.311 e. The molecule has 7 heteroatoms. The fraction of sp³-hybridized carbons (Fsp3) is 0.778. The quantitative estimate of drug-likeness (QED) is 0.856. The zero-order valence-electron chi connectivity index (χ0n) is 8.72. The normalized spacial score (nSPS) is 16.2. The van der Waals surface area contributed by atoms with Gasteiger partial charge in [0.15, 0.2) is 0 Å². The third-order valence-electron chi connectivity index (χ3n) is 2.58. The summed E-state index contributed by atoms with van der Waals surface area (Å²) in [6.07, 6.45) is -4.00. The third kappa shape index (κ3) is 2.72. The highest BCUT2D eigenvalue weighted by atomic mass is 19.4. The fourth-order valence-electron chi connectivity index (χ4n) is 1.80. The number of alkyl halides is 3. The van der Waals surface area contributed by atoms with Crippen molar-refractivity contribution in [3.63, 3.8) is 0 Å². The van der Waals surface area contributed by atoms with E-state index in [2.05, 4.69) is 15.6 Å². The first kappa shape index (κ1) is 11.4. The monoisotopic (exact) mass is 234 g/mol. The van der Waals surface area contributed by atoms with Crippen molar-refractivity contribution in [1.82, 2.24) is 20.3 Å². The summed E-state index contributed by atoms with van der Waals surface area (Å²) in [5.74, 6) is 0. The van der Waals surface area contributed by atoms with Gasteiger partial charge in [-0.1, -0.05) is 5.21 Å². The zero-order valence-corrected chi connectivity index (χ0v) is 8.72. The van der Waals surface area contributed by atoms with Gasteiger partial charge in [-0.25, -0.2) is 4.68 Å². The van der Waals surface area contributed by atoms with Gasteiger partial charge in [0.2, 0.25) is 0 Å². The smallest absolute Gasteiger partial charge is 0.311 e. The zero-order chi connectivity index (χ0) is 11.6. The summed E-state index contributed by atoms with van der Waals surface area (Å²) in [4.78, 5) is 0. The summed E-state index contributed by atoms with van der Waals surface area (Å²) >= 11 is 0. The SMILES string of the molecule is FC(F)(F)CCCn1nnc2c1CCNC2. The molecule has 2 rings (SSSR count). The first-order valence-electron chi connectivity index (χ1n) is 5.25. The van der Waals surface area contributed by atoms with E-state index in [1.54, 1.807) is 4.68 Å². The Bertz CT molecular complexity index is 358. The van der Waals surface area contributed by atoms with Crippen molar-refractivity contribution < 1.29 is 13.2 Å². The summed E-state index contributed by atoms with van der Waals surface area (Å²) < 4.78 is 37.5. The maximum absolute atomic E-state index is 12.0. The van der Waals surface area contributed by atoms with Gasteiger partial charge in [-0.3, -0.25) is 0 Å². The van der Waals surface area contributed by atoms with Crippen LogP contribution in [-0.2, 0) is 19.5 Å². The summed E-state index contributed by atoms with van der Waals surface area (Å²) in [6.45, 7) is 1.79. The molecule has 0 amide bonds. The second-order valence-corrected chi connectivity index (χ2v) is 3.85. The Morgan fingerprint density at radius 2 is 2.19 bits per heavy atom. The Hall–Kier alpha value is -1.11. The molecule has 1 aliphatic rings. The molecule has 2 heterocycles. The number of hydrogen-bond donors (Lipinski definition) is 1. The van der Waals surface area contributed by atoms with Crippen molar-refractivity contribution in [2.24, 2.45) is 0 Å². The molecule has 16 heavy (non-hydrogen) atoms. The van der Waals surface area contributed by atoms with Crippen LogP contribution in [0.4, 0.5) is 13.2 Å². The standard InChI is InChI=1S/C9H13F3N4/c10-9(11,12)3-1-5-16-8-2-4-13-6-7(8)14-15-16/h13H,1-6H2. The molecule has 0 aliphatic carbocycles. The van der Waals surface area contributed by atoms with Gasteiger partial charge in [0.05, 0.1) is 11.4 Å². The van der Waals surface area contributed by atoms with Crippen molar-refractivity contribution in [2.75, 3.05) is 6.54 Å². The number of aryl methyl sites for hydroxylation is 1. The van der Waals surface area contributed by atoms with E-state index in [0.717, 1.165) is 24.4 Å². The number of halogens is 3. The van der Waals surface area contributed by atoms with Gasteiger partial charge in [0, 0.05) is 32.5 Å². The van der Waals surface area contributed by atoms with Crippen LogP contribution in [0, 0.1) is 0 Å². The van der Waals surface area contributed by atoms with Gasteiger partial charge >= 0.3 is 6.18 Å². The molecule has 0 unspecified atom stereocenters. The van der Waals surface area contributed by atoms with Gasteiger partial charge in [0.1, 0.15) is 0 Å². The average molecular weight is 234 g/mol. The maximum Gasteiger partial charge on any atom is 0.389 e. The van der Waals surface area contributed by atoms with Crippen LogP contribution in [0.1, 0.15) is 24.2 Å². The molecule has 0 radical (unpaired) electrons. The predicted octanol–water partition coefficient (Wildman–Crippen LogP) is 1.27. The molecule has 1 aromatic heterocycles. The molecule has 0 bridgehead atoms. The first-order valence-corrected chi connectivity index (χ1v) is 5.25. The molecule has 0 saturated carbocycles. The van der Waals surface area contributed by atoms with Crippen LogP contribution in [0.2, 0.25) is 0 Å². The minimum absolute atomic E-state index is 0.0622. The lowest BCUT2D eigenvalue weighted by Gasteiger charge is -2.13. The van der Waals surface area contributed by atoms with Crippen molar-refractivity contribution in [3.05, 3.63) is 11.4 Å². The molecule has 90 valence electrons. The number of rotatable bonds is 3. The number of aromatic nitrogens is 3. The molecule has 0 spiro atoms. The van der Waals surface area contributed by atoms with Crippen molar-refractivity contribution in [2.45, 2.75) is 38.5 Å². The van der Waals surface area contributed by atoms with Crippen LogP contribution in [0.3, 0.4) is 0 Å². The van der Waals surface area contributed by atoms with Crippen molar-refractivity contribution >= 4 is 0 Å². The summed E-state index contributed by atoms with van der Waals surface area (Å²) in [5.41, 5.74) is 1.83. The number of hydrogen-bond acceptors (Lipinski definition) is 3. The Labute approximate surface area is 90.8 Å². The molecule has 1 aliphatic heterocycles. The van der Waals surface area contributed by atoms with Crippen molar-refractivity contribution in [3.8, 4) is 0 Å². The lowest BCUT2D eigenvalue weighted by atomic mass is 10.2. The van der Waals surface area contributed by atoms with E-state index in [1.165, 1.54) is 0 Å². The van der Waals surface area contributed by atoms with Crippen LogP contribution in [-0.4, -0.2) is 27.7 Å². The van der Waals surface area contributed by atoms with Crippen molar-refractivity contribution in [1.29, 1.82) is 0 Å². The van der Waals surface area contributed by atoms with E-state index in [0.29, 0.717) is 13.1 Å². The molecule has 0 saturated heterocycles. The Morgan fingerprint density at radius 3 is 2.94 bits per heavy atom. The molecular formula is C9H13F3N4. The lowest BCUT2D eigenvalue weighted by molar-refractivity contribution is -0.136.